The quantitative estimate of drug-likeness (QED) is 0.723. The summed E-state index contributed by atoms with van der Waals surface area (Å²) in [5, 5.41) is 4.92. The molecule has 0 bridgehead atoms. The van der Waals surface area contributed by atoms with E-state index in [0.29, 0.717) is 5.15 Å². The largest absolute Gasteiger partial charge is 0.315 e. The molecular weight excluding hydrogens is 340 g/mol. The van der Waals surface area contributed by atoms with E-state index >= 15 is 0 Å². The van der Waals surface area contributed by atoms with Crippen molar-refractivity contribution in [1.29, 1.82) is 0 Å². The van der Waals surface area contributed by atoms with E-state index < -0.39 is 0 Å². The van der Waals surface area contributed by atoms with Crippen molar-refractivity contribution in [2.24, 2.45) is 0 Å². The Morgan fingerprint density at radius 1 is 1.12 bits per heavy atom. The topological polar surface area (TPSA) is 41.1 Å². The predicted octanol–water partition coefficient (Wildman–Crippen LogP) is 3.81. The molecule has 4 nitrogen and oxygen atoms in total. The first kappa shape index (κ1) is 16.0. The van der Waals surface area contributed by atoms with Gasteiger partial charge in [0.15, 0.2) is 0 Å². The number of benzene rings is 1. The molecule has 3 aromatic rings. The Morgan fingerprint density at radius 2 is 2.00 bits per heavy atom. The highest BCUT2D eigenvalue weighted by Crippen LogP contribution is 2.35. The number of nitrogens with zero attached hydrogens (tertiary/aromatic N) is 3. The van der Waals surface area contributed by atoms with Crippen LogP contribution in [0.3, 0.4) is 0 Å². The Morgan fingerprint density at radius 3 is 2.88 bits per heavy atom. The second-order valence-corrected chi connectivity index (χ2v) is 7.39. The van der Waals surface area contributed by atoms with Gasteiger partial charge < -0.3 is 5.32 Å². The summed E-state index contributed by atoms with van der Waals surface area (Å²) in [6.45, 7) is 4.97. The molecule has 4 rings (SSSR count). The Bertz CT molecular complexity index is 826. The van der Waals surface area contributed by atoms with Crippen molar-refractivity contribution in [3.63, 3.8) is 0 Å². The number of aromatic nitrogens is 2. The minimum Gasteiger partial charge on any atom is -0.315 e. The van der Waals surface area contributed by atoms with Crippen molar-refractivity contribution in [2.75, 3.05) is 26.2 Å². The van der Waals surface area contributed by atoms with Gasteiger partial charge in [0.05, 0.1) is 6.54 Å². The smallest absolute Gasteiger partial charge is 0.145 e. The van der Waals surface area contributed by atoms with E-state index in [-0.39, 0.29) is 0 Å². The van der Waals surface area contributed by atoms with Gasteiger partial charge in [-0.15, -0.1) is 11.3 Å². The third kappa shape index (κ3) is 3.44. The van der Waals surface area contributed by atoms with E-state index in [1.165, 1.54) is 10.4 Å². The van der Waals surface area contributed by atoms with E-state index in [1.54, 1.807) is 11.3 Å². The molecule has 124 valence electrons. The van der Waals surface area contributed by atoms with Crippen LogP contribution in [-0.4, -0.2) is 41.0 Å². The molecule has 2 aromatic heterocycles. The molecule has 0 atom stereocenters. The minimum absolute atomic E-state index is 0.557. The standard InChI is InChI=1S/C18H19ClN4S/c19-17-14-11-15(13-5-2-1-3-6-13)24-18(14)22-16(21-17)12-23-9-4-7-20-8-10-23/h1-3,5-6,11,20H,4,7-10,12H2. The highest BCUT2D eigenvalue weighted by atomic mass is 35.5. The number of nitrogens with one attached hydrogen (secondary N) is 1. The highest BCUT2D eigenvalue weighted by Gasteiger charge is 2.15. The van der Waals surface area contributed by atoms with Gasteiger partial charge in [-0.2, -0.15) is 0 Å². The van der Waals surface area contributed by atoms with Gasteiger partial charge in [-0.1, -0.05) is 41.9 Å². The SMILES string of the molecule is Clc1nc(CN2CCCNCC2)nc2sc(-c3ccccc3)cc12. The van der Waals surface area contributed by atoms with E-state index in [1.807, 2.05) is 18.2 Å². The van der Waals surface area contributed by atoms with Gasteiger partial charge >= 0.3 is 0 Å². The lowest BCUT2D eigenvalue weighted by Gasteiger charge is -2.18. The molecular formula is C18H19ClN4S. The maximum Gasteiger partial charge on any atom is 0.145 e. The molecule has 0 amide bonds. The Balaban J connectivity index is 1.64. The van der Waals surface area contributed by atoms with Crippen LogP contribution in [-0.2, 0) is 6.54 Å². The normalized spacial score (nSPS) is 16.4. The zero-order chi connectivity index (χ0) is 16.4. The first-order valence-electron chi connectivity index (χ1n) is 8.24. The van der Waals surface area contributed by atoms with Crippen molar-refractivity contribution >= 4 is 33.2 Å². The van der Waals surface area contributed by atoms with E-state index in [9.17, 15) is 0 Å². The van der Waals surface area contributed by atoms with Crippen LogP contribution in [0.2, 0.25) is 5.15 Å². The van der Waals surface area contributed by atoms with Crippen LogP contribution in [0.4, 0.5) is 0 Å². The lowest BCUT2D eigenvalue weighted by molar-refractivity contribution is 0.277. The van der Waals surface area contributed by atoms with Gasteiger partial charge in [0.2, 0.25) is 0 Å². The summed E-state index contributed by atoms with van der Waals surface area (Å²) >= 11 is 8.12. The summed E-state index contributed by atoms with van der Waals surface area (Å²) < 4.78 is 0. The maximum atomic E-state index is 6.44. The maximum absolute atomic E-state index is 6.44. The number of fused-ring (bicyclic) bond motifs is 1. The third-order valence-electron chi connectivity index (χ3n) is 4.25. The summed E-state index contributed by atoms with van der Waals surface area (Å²) in [7, 11) is 0. The van der Waals surface area contributed by atoms with E-state index in [2.05, 4.69) is 33.4 Å². The molecule has 1 aliphatic heterocycles. The van der Waals surface area contributed by atoms with Crippen molar-refractivity contribution < 1.29 is 0 Å². The molecule has 0 unspecified atom stereocenters. The van der Waals surface area contributed by atoms with Crippen LogP contribution in [0.1, 0.15) is 12.2 Å². The van der Waals surface area contributed by atoms with Crippen molar-refractivity contribution in [1.82, 2.24) is 20.2 Å². The fourth-order valence-corrected chi connectivity index (χ4v) is 4.36. The summed E-state index contributed by atoms with van der Waals surface area (Å²) in [6.07, 6.45) is 1.16. The van der Waals surface area contributed by atoms with E-state index in [4.69, 9.17) is 16.6 Å². The molecule has 1 N–H and O–H groups in total. The lowest BCUT2D eigenvalue weighted by atomic mass is 10.2. The second-order valence-electron chi connectivity index (χ2n) is 6.01. The molecule has 0 spiro atoms. The fourth-order valence-electron chi connectivity index (χ4n) is 3.00. The second kappa shape index (κ2) is 7.15. The first-order valence-corrected chi connectivity index (χ1v) is 9.43. The Hall–Kier alpha value is -1.53. The molecule has 3 heterocycles. The molecule has 0 saturated carbocycles. The zero-order valence-electron chi connectivity index (χ0n) is 13.3. The molecule has 1 fully saturated rings. The molecule has 1 saturated heterocycles. The highest BCUT2D eigenvalue weighted by molar-refractivity contribution is 7.21. The summed E-state index contributed by atoms with van der Waals surface area (Å²) in [5.41, 5.74) is 1.19. The van der Waals surface area contributed by atoms with Crippen molar-refractivity contribution in [3.8, 4) is 10.4 Å². The van der Waals surface area contributed by atoms with Gasteiger partial charge in [0.25, 0.3) is 0 Å². The van der Waals surface area contributed by atoms with Crippen LogP contribution >= 0.6 is 22.9 Å². The van der Waals surface area contributed by atoms with Gasteiger partial charge in [0.1, 0.15) is 15.8 Å². The van der Waals surface area contributed by atoms with Gasteiger partial charge in [0, 0.05) is 23.4 Å². The Labute approximate surface area is 150 Å². The first-order chi connectivity index (χ1) is 11.8. The van der Waals surface area contributed by atoms with Gasteiger partial charge in [-0.3, -0.25) is 4.90 Å². The van der Waals surface area contributed by atoms with Crippen molar-refractivity contribution in [2.45, 2.75) is 13.0 Å². The fraction of sp³-hybridized carbons (Fsp3) is 0.333. The minimum atomic E-state index is 0.557. The third-order valence-corrected chi connectivity index (χ3v) is 5.61. The summed E-state index contributed by atoms with van der Waals surface area (Å²) in [5.74, 6) is 0.816. The number of halogens is 1. The Kier molecular flexibility index (Phi) is 4.76. The van der Waals surface area contributed by atoms with Gasteiger partial charge in [-0.05, 0) is 31.1 Å². The molecule has 0 aliphatic carbocycles. The number of hydrogen-bond donors (Lipinski definition) is 1. The molecule has 6 heteroatoms. The number of thiophene rings is 1. The summed E-state index contributed by atoms with van der Waals surface area (Å²) in [4.78, 5) is 13.8. The van der Waals surface area contributed by atoms with Crippen LogP contribution in [0.15, 0.2) is 36.4 Å². The molecule has 1 aromatic carbocycles. The number of hydrogen-bond acceptors (Lipinski definition) is 5. The van der Waals surface area contributed by atoms with Crippen LogP contribution in [0, 0.1) is 0 Å². The number of rotatable bonds is 3. The summed E-state index contributed by atoms with van der Waals surface area (Å²) in [6, 6.07) is 12.4. The molecule has 24 heavy (non-hydrogen) atoms. The zero-order valence-corrected chi connectivity index (χ0v) is 14.9. The van der Waals surface area contributed by atoms with E-state index in [0.717, 1.165) is 55.2 Å². The van der Waals surface area contributed by atoms with Gasteiger partial charge in [-0.25, -0.2) is 9.97 Å². The predicted molar refractivity (Wildman–Crippen MR) is 101 cm³/mol. The monoisotopic (exact) mass is 358 g/mol. The van der Waals surface area contributed by atoms with Crippen LogP contribution < -0.4 is 5.32 Å². The average molecular weight is 359 g/mol. The molecule has 1 aliphatic rings. The van der Waals surface area contributed by atoms with Crippen molar-refractivity contribution in [3.05, 3.63) is 47.4 Å². The molecule has 0 radical (unpaired) electrons. The van der Waals surface area contributed by atoms with Crippen LogP contribution in [0.25, 0.3) is 20.7 Å². The average Bonchev–Trinajstić information content (AvgIpc) is 2.87. The van der Waals surface area contributed by atoms with Crippen LogP contribution in [0.5, 0.6) is 0 Å². The lowest BCUT2D eigenvalue weighted by Crippen LogP contribution is -2.28.